The number of piperidine rings is 1. The Morgan fingerprint density at radius 2 is 1.92 bits per heavy atom. The Kier molecular flexibility index (Phi) is 4.93. The van der Waals surface area contributed by atoms with Crippen molar-refractivity contribution in [3.63, 3.8) is 0 Å². The third-order valence-electron chi connectivity index (χ3n) is 5.65. The molecule has 1 saturated carbocycles. The summed E-state index contributed by atoms with van der Waals surface area (Å²) in [6, 6.07) is 6.72. The molecule has 0 unspecified atom stereocenters. The molecule has 2 aromatic rings. The summed E-state index contributed by atoms with van der Waals surface area (Å²) in [7, 11) is 0. The van der Waals surface area contributed by atoms with Crippen molar-refractivity contribution >= 4 is 0 Å². The van der Waals surface area contributed by atoms with Crippen LogP contribution in [0.25, 0.3) is 0 Å². The maximum Gasteiger partial charge on any atom is 0.106 e. The van der Waals surface area contributed by atoms with Crippen LogP contribution in [0.15, 0.2) is 30.6 Å². The SMILES string of the molecule is c1ccc([C@@H]2CCCCN2Cc2cnc(CC3CCCC3)[nH]2)nc1. The molecule has 1 aliphatic carbocycles. The highest BCUT2D eigenvalue weighted by atomic mass is 15.2. The minimum atomic E-state index is 0.446. The maximum atomic E-state index is 4.65. The normalized spacial score (nSPS) is 22.9. The van der Waals surface area contributed by atoms with Crippen LogP contribution in [-0.2, 0) is 13.0 Å². The van der Waals surface area contributed by atoms with Gasteiger partial charge in [0.15, 0.2) is 0 Å². The van der Waals surface area contributed by atoms with Gasteiger partial charge in [-0.25, -0.2) is 4.98 Å². The Balaban J connectivity index is 1.42. The monoisotopic (exact) mass is 324 g/mol. The van der Waals surface area contributed by atoms with Gasteiger partial charge in [0.2, 0.25) is 0 Å². The van der Waals surface area contributed by atoms with Crippen LogP contribution in [0.1, 0.15) is 68.2 Å². The van der Waals surface area contributed by atoms with E-state index in [9.17, 15) is 0 Å². The number of aromatic nitrogens is 3. The van der Waals surface area contributed by atoms with Gasteiger partial charge in [0, 0.05) is 31.1 Å². The zero-order chi connectivity index (χ0) is 16.2. The van der Waals surface area contributed by atoms with E-state index in [0.29, 0.717) is 6.04 Å². The fraction of sp³-hybridized carbons (Fsp3) is 0.600. The summed E-state index contributed by atoms with van der Waals surface area (Å²) in [5.74, 6) is 2.03. The number of nitrogens with zero attached hydrogens (tertiary/aromatic N) is 3. The summed E-state index contributed by atoms with van der Waals surface area (Å²) >= 11 is 0. The number of hydrogen-bond donors (Lipinski definition) is 1. The van der Waals surface area contributed by atoms with Crippen LogP contribution in [0.3, 0.4) is 0 Å². The highest BCUT2D eigenvalue weighted by Crippen LogP contribution is 2.31. The van der Waals surface area contributed by atoms with Gasteiger partial charge in [-0.2, -0.15) is 0 Å². The van der Waals surface area contributed by atoms with Gasteiger partial charge in [-0.05, 0) is 37.4 Å². The van der Waals surface area contributed by atoms with Crippen molar-refractivity contribution in [1.82, 2.24) is 19.9 Å². The molecule has 24 heavy (non-hydrogen) atoms. The molecule has 0 amide bonds. The highest BCUT2D eigenvalue weighted by molar-refractivity contribution is 5.11. The van der Waals surface area contributed by atoms with Crippen LogP contribution >= 0.6 is 0 Å². The van der Waals surface area contributed by atoms with Gasteiger partial charge in [-0.3, -0.25) is 9.88 Å². The molecule has 1 N–H and O–H groups in total. The summed E-state index contributed by atoms with van der Waals surface area (Å²) < 4.78 is 0. The first-order chi connectivity index (χ1) is 11.9. The van der Waals surface area contributed by atoms with E-state index in [1.165, 1.54) is 62.2 Å². The van der Waals surface area contributed by atoms with Gasteiger partial charge in [0.05, 0.1) is 11.7 Å². The molecule has 0 aromatic carbocycles. The molecule has 0 bridgehead atoms. The van der Waals surface area contributed by atoms with Crippen LogP contribution in [0.5, 0.6) is 0 Å². The summed E-state index contributed by atoms with van der Waals surface area (Å²) in [5, 5.41) is 0. The fourth-order valence-corrected chi connectivity index (χ4v) is 4.38. The van der Waals surface area contributed by atoms with Gasteiger partial charge in [-0.1, -0.05) is 38.2 Å². The van der Waals surface area contributed by atoms with Gasteiger partial charge < -0.3 is 4.98 Å². The van der Waals surface area contributed by atoms with Crippen molar-refractivity contribution in [2.75, 3.05) is 6.54 Å². The van der Waals surface area contributed by atoms with Crippen molar-refractivity contribution in [1.29, 1.82) is 0 Å². The molecule has 1 aliphatic heterocycles. The molecule has 0 spiro atoms. The number of hydrogen-bond acceptors (Lipinski definition) is 3. The van der Waals surface area contributed by atoms with E-state index in [2.05, 4.69) is 32.0 Å². The lowest BCUT2D eigenvalue weighted by atomic mass is 9.98. The van der Waals surface area contributed by atoms with Gasteiger partial charge in [-0.15, -0.1) is 0 Å². The first-order valence-electron chi connectivity index (χ1n) is 9.56. The molecule has 4 nitrogen and oxygen atoms in total. The highest BCUT2D eigenvalue weighted by Gasteiger charge is 2.25. The topological polar surface area (TPSA) is 44.8 Å². The van der Waals surface area contributed by atoms with Crippen molar-refractivity contribution in [3.8, 4) is 0 Å². The number of nitrogens with one attached hydrogen (secondary N) is 1. The predicted molar refractivity (Wildman–Crippen MR) is 95.5 cm³/mol. The number of aromatic amines is 1. The molecule has 2 aliphatic rings. The summed E-state index contributed by atoms with van der Waals surface area (Å²) in [6.07, 6.45) is 14.4. The number of pyridine rings is 1. The van der Waals surface area contributed by atoms with Crippen molar-refractivity contribution < 1.29 is 0 Å². The molecular weight excluding hydrogens is 296 g/mol. The van der Waals surface area contributed by atoms with E-state index in [1.807, 2.05) is 18.5 Å². The predicted octanol–water partition coefficient (Wildman–Crippen LogP) is 4.26. The summed E-state index contributed by atoms with van der Waals surface area (Å²) in [6.45, 7) is 2.11. The molecule has 2 aromatic heterocycles. The molecular formula is C20H28N4. The quantitative estimate of drug-likeness (QED) is 0.893. The van der Waals surface area contributed by atoms with Gasteiger partial charge >= 0.3 is 0 Å². The standard InChI is InChI=1S/C20H28N4/c1-2-8-16(7-1)13-20-22-14-17(23-20)15-24-12-6-4-10-19(24)18-9-3-5-11-21-18/h3,5,9,11,14,16,19H,1-2,4,6-8,10,12-13,15H2,(H,22,23)/t19-/m0/s1. The van der Waals surface area contributed by atoms with E-state index in [4.69, 9.17) is 0 Å². The van der Waals surface area contributed by atoms with Gasteiger partial charge in [0.1, 0.15) is 5.82 Å². The number of H-pyrrole nitrogens is 1. The van der Waals surface area contributed by atoms with Crippen LogP contribution in [0, 0.1) is 5.92 Å². The molecule has 128 valence electrons. The number of likely N-dealkylation sites (tertiary alicyclic amines) is 1. The maximum absolute atomic E-state index is 4.65. The van der Waals surface area contributed by atoms with Crippen LogP contribution in [-0.4, -0.2) is 26.4 Å². The Bertz CT molecular complexity index is 630. The summed E-state index contributed by atoms with van der Waals surface area (Å²) in [4.78, 5) is 15.4. The van der Waals surface area contributed by atoms with E-state index < -0.39 is 0 Å². The molecule has 3 heterocycles. The van der Waals surface area contributed by atoms with Crippen molar-refractivity contribution in [2.24, 2.45) is 5.92 Å². The second-order valence-electron chi connectivity index (χ2n) is 7.45. The molecule has 4 rings (SSSR count). The van der Waals surface area contributed by atoms with Gasteiger partial charge in [0.25, 0.3) is 0 Å². The van der Waals surface area contributed by atoms with Crippen LogP contribution < -0.4 is 0 Å². The average Bonchev–Trinajstić information content (AvgIpc) is 3.29. The zero-order valence-corrected chi connectivity index (χ0v) is 14.5. The smallest absolute Gasteiger partial charge is 0.106 e. The number of rotatable bonds is 5. The molecule has 4 heteroatoms. The second kappa shape index (κ2) is 7.47. The first kappa shape index (κ1) is 15.8. The molecule has 1 atom stereocenters. The largest absolute Gasteiger partial charge is 0.345 e. The van der Waals surface area contributed by atoms with Crippen LogP contribution in [0.4, 0.5) is 0 Å². The average molecular weight is 324 g/mol. The van der Waals surface area contributed by atoms with Crippen molar-refractivity contribution in [2.45, 2.75) is 64.0 Å². The van der Waals surface area contributed by atoms with E-state index in [1.54, 1.807) is 0 Å². The minimum Gasteiger partial charge on any atom is -0.345 e. The Hall–Kier alpha value is -1.68. The van der Waals surface area contributed by atoms with E-state index >= 15 is 0 Å². The number of imidazole rings is 1. The third kappa shape index (κ3) is 3.69. The first-order valence-corrected chi connectivity index (χ1v) is 9.56. The van der Waals surface area contributed by atoms with E-state index in [0.717, 1.165) is 25.4 Å². The van der Waals surface area contributed by atoms with E-state index in [-0.39, 0.29) is 0 Å². The zero-order valence-electron chi connectivity index (χ0n) is 14.5. The molecule has 1 saturated heterocycles. The lowest BCUT2D eigenvalue weighted by molar-refractivity contribution is 0.135. The third-order valence-corrected chi connectivity index (χ3v) is 5.65. The Morgan fingerprint density at radius 3 is 2.75 bits per heavy atom. The molecule has 0 radical (unpaired) electrons. The van der Waals surface area contributed by atoms with Crippen molar-refractivity contribution in [3.05, 3.63) is 47.8 Å². The lowest BCUT2D eigenvalue weighted by Gasteiger charge is -2.34. The second-order valence-corrected chi connectivity index (χ2v) is 7.45. The Labute approximate surface area is 144 Å². The summed E-state index contributed by atoms with van der Waals surface area (Å²) in [5.41, 5.74) is 2.47. The van der Waals surface area contributed by atoms with Crippen LogP contribution in [0.2, 0.25) is 0 Å². The Morgan fingerprint density at radius 1 is 1.04 bits per heavy atom. The minimum absolute atomic E-state index is 0.446. The fourth-order valence-electron chi connectivity index (χ4n) is 4.38. The molecule has 2 fully saturated rings. The lowest BCUT2D eigenvalue weighted by Crippen LogP contribution is -2.33.